The number of ether oxygens (including phenoxy) is 1. The molecule has 1 heterocycles. The average Bonchev–Trinajstić information content (AvgIpc) is 2.43. The summed E-state index contributed by atoms with van der Waals surface area (Å²) in [6, 6.07) is 9.89. The fourth-order valence-corrected chi connectivity index (χ4v) is 2.04. The van der Waals surface area contributed by atoms with Gasteiger partial charge in [-0.25, -0.2) is 0 Å². The van der Waals surface area contributed by atoms with Crippen LogP contribution in [0.3, 0.4) is 0 Å². The molecule has 0 saturated carbocycles. The van der Waals surface area contributed by atoms with E-state index in [4.69, 9.17) is 4.74 Å². The van der Waals surface area contributed by atoms with E-state index >= 15 is 0 Å². The van der Waals surface area contributed by atoms with Gasteiger partial charge in [0, 0.05) is 5.92 Å². The molecule has 3 heteroatoms. The molecular weight excluding hydrogens is 204 g/mol. The van der Waals surface area contributed by atoms with Gasteiger partial charge in [0.2, 0.25) is 0 Å². The van der Waals surface area contributed by atoms with Crippen LogP contribution in [-0.2, 0) is 16.0 Å². The summed E-state index contributed by atoms with van der Waals surface area (Å²) >= 11 is 0. The van der Waals surface area contributed by atoms with E-state index in [0.717, 1.165) is 5.56 Å². The highest BCUT2D eigenvalue weighted by molar-refractivity contribution is 5.82. The van der Waals surface area contributed by atoms with Crippen molar-refractivity contribution in [2.45, 2.75) is 18.9 Å². The molecule has 1 saturated heterocycles. The van der Waals surface area contributed by atoms with Crippen molar-refractivity contribution in [3.05, 3.63) is 35.9 Å². The van der Waals surface area contributed by atoms with Gasteiger partial charge in [0.05, 0.1) is 12.7 Å². The lowest BCUT2D eigenvalue weighted by atomic mass is 9.91. The molecule has 0 aromatic heterocycles. The van der Waals surface area contributed by atoms with Crippen LogP contribution in [0.2, 0.25) is 0 Å². The summed E-state index contributed by atoms with van der Waals surface area (Å²) in [4.78, 5) is 11.7. The predicted molar refractivity (Wildman–Crippen MR) is 60.1 cm³/mol. The molecule has 1 unspecified atom stereocenters. The Morgan fingerprint density at radius 3 is 2.81 bits per heavy atom. The lowest BCUT2D eigenvalue weighted by Crippen LogP contribution is -2.21. The minimum absolute atomic E-state index is 0.0976. The van der Waals surface area contributed by atoms with Gasteiger partial charge in [-0.15, -0.1) is 0 Å². The first kappa shape index (κ1) is 11.3. The summed E-state index contributed by atoms with van der Waals surface area (Å²) in [6.07, 6.45) is 0.688. The van der Waals surface area contributed by atoms with Crippen LogP contribution in [0.4, 0.5) is 0 Å². The number of carbonyl (C=O) groups is 1. The number of aliphatic hydroxyl groups excluding tert-OH is 1. The molecule has 1 N–H and O–H groups in total. The zero-order valence-electron chi connectivity index (χ0n) is 9.13. The van der Waals surface area contributed by atoms with Crippen molar-refractivity contribution in [1.29, 1.82) is 0 Å². The second-order valence-electron chi connectivity index (χ2n) is 4.26. The Morgan fingerprint density at radius 2 is 2.06 bits per heavy atom. The normalized spacial score (nSPS) is 26.4. The summed E-state index contributed by atoms with van der Waals surface area (Å²) in [6.45, 7) is 0.408. The third-order valence-corrected chi connectivity index (χ3v) is 2.89. The molecule has 1 aliphatic rings. The monoisotopic (exact) mass is 220 g/mol. The first-order valence-electron chi connectivity index (χ1n) is 5.58. The van der Waals surface area contributed by atoms with Gasteiger partial charge in [-0.3, -0.25) is 4.79 Å². The summed E-state index contributed by atoms with van der Waals surface area (Å²) < 4.78 is 5.09. The summed E-state index contributed by atoms with van der Waals surface area (Å²) in [7, 11) is 0. The Labute approximate surface area is 95.0 Å². The molecule has 86 valence electrons. The van der Waals surface area contributed by atoms with Crippen LogP contribution in [0.15, 0.2) is 30.3 Å². The van der Waals surface area contributed by atoms with E-state index < -0.39 is 6.10 Å². The molecule has 1 aliphatic heterocycles. The molecule has 2 rings (SSSR count). The van der Waals surface area contributed by atoms with Crippen molar-refractivity contribution >= 4 is 5.78 Å². The SMILES string of the molecule is O=C1COC[C@@H](O)CC1Cc1ccccc1. The standard InChI is InChI=1S/C13H16O3/c14-12-7-11(13(15)9-16-8-12)6-10-4-2-1-3-5-10/h1-5,11-12,14H,6-9H2/t11?,12-/m0/s1. The molecule has 3 nitrogen and oxygen atoms in total. The van der Waals surface area contributed by atoms with Crippen molar-refractivity contribution in [3.63, 3.8) is 0 Å². The largest absolute Gasteiger partial charge is 0.391 e. The van der Waals surface area contributed by atoms with Crippen molar-refractivity contribution < 1.29 is 14.6 Å². The zero-order valence-corrected chi connectivity index (χ0v) is 9.13. The number of aliphatic hydroxyl groups is 1. The summed E-state index contributed by atoms with van der Waals surface area (Å²) in [5.41, 5.74) is 1.13. The van der Waals surface area contributed by atoms with Gasteiger partial charge in [0.1, 0.15) is 6.61 Å². The fraction of sp³-hybridized carbons (Fsp3) is 0.462. The van der Waals surface area contributed by atoms with Gasteiger partial charge >= 0.3 is 0 Å². The molecule has 1 fully saturated rings. The van der Waals surface area contributed by atoms with Gasteiger partial charge in [-0.05, 0) is 18.4 Å². The van der Waals surface area contributed by atoms with Crippen molar-refractivity contribution in [2.75, 3.05) is 13.2 Å². The van der Waals surface area contributed by atoms with E-state index in [1.54, 1.807) is 0 Å². The van der Waals surface area contributed by atoms with E-state index in [1.807, 2.05) is 30.3 Å². The topological polar surface area (TPSA) is 46.5 Å². The Balaban J connectivity index is 2.04. The van der Waals surface area contributed by atoms with Gasteiger partial charge in [0.15, 0.2) is 5.78 Å². The zero-order chi connectivity index (χ0) is 11.4. The Morgan fingerprint density at radius 1 is 1.31 bits per heavy atom. The van der Waals surface area contributed by atoms with Crippen molar-refractivity contribution in [2.24, 2.45) is 5.92 Å². The van der Waals surface area contributed by atoms with Crippen LogP contribution in [-0.4, -0.2) is 30.2 Å². The Kier molecular flexibility index (Phi) is 3.70. The first-order chi connectivity index (χ1) is 7.75. The number of benzene rings is 1. The van der Waals surface area contributed by atoms with Gasteiger partial charge in [-0.2, -0.15) is 0 Å². The molecular formula is C13H16O3. The average molecular weight is 220 g/mol. The van der Waals surface area contributed by atoms with E-state index in [0.29, 0.717) is 12.8 Å². The van der Waals surface area contributed by atoms with Crippen molar-refractivity contribution in [3.8, 4) is 0 Å². The van der Waals surface area contributed by atoms with E-state index in [2.05, 4.69) is 0 Å². The van der Waals surface area contributed by atoms with Crippen LogP contribution in [0, 0.1) is 5.92 Å². The number of hydrogen-bond acceptors (Lipinski definition) is 3. The quantitative estimate of drug-likeness (QED) is 0.814. The van der Waals surface area contributed by atoms with Crippen LogP contribution >= 0.6 is 0 Å². The Hall–Kier alpha value is -1.19. The molecule has 1 aromatic carbocycles. The minimum Gasteiger partial charge on any atom is -0.391 e. The molecule has 2 atom stereocenters. The van der Waals surface area contributed by atoms with Crippen LogP contribution in [0.5, 0.6) is 0 Å². The molecule has 16 heavy (non-hydrogen) atoms. The fourth-order valence-electron chi connectivity index (χ4n) is 2.04. The maximum atomic E-state index is 11.7. The highest BCUT2D eigenvalue weighted by atomic mass is 16.5. The maximum absolute atomic E-state index is 11.7. The van der Waals surface area contributed by atoms with Gasteiger partial charge < -0.3 is 9.84 Å². The number of ketones is 1. The smallest absolute Gasteiger partial charge is 0.161 e. The number of carbonyl (C=O) groups excluding carboxylic acids is 1. The minimum atomic E-state index is -0.514. The van der Waals surface area contributed by atoms with E-state index in [-0.39, 0.29) is 24.9 Å². The van der Waals surface area contributed by atoms with Crippen LogP contribution < -0.4 is 0 Å². The Bertz CT molecular complexity index is 347. The third kappa shape index (κ3) is 2.90. The lowest BCUT2D eigenvalue weighted by molar-refractivity contribution is -0.126. The van der Waals surface area contributed by atoms with E-state index in [1.165, 1.54) is 0 Å². The molecule has 1 aromatic rings. The second-order valence-corrected chi connectivity index (χ2v) is 4.26. The van der Waals surface area contributed by atoms with E-state index in [9.17, 15) is 9.90 Å². The van der Waals surface area contributed by atoms with Gasteiger partial charge in [0.25, 0.3) is 0 Å². The lowest BCUT2D eigenvalue weighted by Gasteiger charge is -2.14. The molecule has 0 amide bonds. The van der Waals surface area contributed by atoms with Crippen molar-refractivity contribution in [1.82, 2.24) is 0 Å². The summed E-state index contributed by atoms with van der Waals surface area (Å²) in [5, 5.41) is 9.58. The molecule has 0 aliphatic carbocycles. The second kappa shape index (κ2) is 5.23. The highest BCUT2D eigenvalue weighted by Gasteiger charge is 2.25. The number of rotatable bonds is 2. The molecule has 0 bridgehead atoms. The molecule has 0 radical (unpaired) electrons. The number of hydrogen-bond donors (Lipinski definition) is 1. The first-order valence-corrected chi connectivity index (χ1v) is 5.58. The van der Waals surface area contributed by atoms with Crippen LogP contribution in [0.25, 0.3) is 0 Å². The predicted octanol–water partition coefficient (Wildman–Crippen LogP) is 1.20. The van der Waals surface area contributed by atoms with Gasteiger partial charge in [-0.1, -0.05) is 30.3 Å². The number of Topliss-reactive ketones (excluding diaryl/α,β-unsaturated/α-hetero) is 1. The van der Waals surface area contributed by atoms with Crippen LogP contribution in [0.1, 0.15) is 12.0 Å². The highest BCUT2D eigenvalue weighted by Crippen LogP contribution is 2.18. The third-order valence-electron chi connectivity index (χ3n) is 2.89. The molecule has 0 spiro atoms. The maximum Gasteiger partial charge on any atom is 0.161 e. The summed E-state index contributed by atoms with van der Waals surface area (Å²) in [5.74, 6) is -0.0136.